The Bertz CT molecular complexity index is 106. The maximum absolute atomic E-state index is 3.62. The van der Waals surface area contributed by atoms with E-state index in [1.807, 2.05) is 0 Å². The predicted octanol–water partition coefficient (Wildman–Crippen LogP) is 3.45. The summed E-state index contributed by atoms with van der Waals surface area (Å²) in [7, 11) is 0. The minimum Gasteiger partial charge on any atom is -0.314 e. The van der Waals surface area contributed by atoms with Crippen molar-refractivity contribution in [2.24, 2.45) is 11.8 Å². The van der Waals surface area contributed by atoms with Crippen LogP contribution < -0.4 is 5.32 Å². The fraction of sp³-hybridized carbons (Fsp3) is 1.00. The first-order valence-corrected chi connectivity index (χ1v) is 5.88. The van der Waals surface area contributed by atoms with E-state index in [2.05, 4.69) is 39.9 Å². The van der Waals surface area contributed by atoms with Gasteiger partial charge in [0.05, 0.1) is 0 Å². The number of rotatable bonds is 7. The molecule has 0 fully saturated rings. The Morgan fingerprint density at radius 1 is 1.00 bits per heavy atom. The van der Waals surface area contributed by atoms with Gasteiger partial charge in [-0.05, 0) is 24.8 Å². The normalized spacial score (nSPS) is 14.1. The van der Waals surface area contributed by atoms with Crippen molar-refractivity contribution in [3.8, 4) is 0 Å². The van der Waals surface area contributed by atoms with Crippen LogP contribution in [0.3, 0.4) is 0 Å². The van der Waals surface area contributed by atoms with Gasteiger partial charge in [0, 0.05) is 6.04 Å². The van der Waals surface area contributed by atoms with Crippen LogP contribution in [0.1, 0.15) is 53.9 Å². The van der Waals surface area contributed by atoms with Gasteiger partial charge in [0.15, 0.2) is 0 Å². The Morgan fingerprint density at radius 3 is 1.85 bits per heavy atom. The topological polar surface area (TPSA) is 12.0 Å². The Hall–Kier alpha value is -0.0400. The summed E-state index contributed by atoms with van der Waals surface area (Å²) in [6, 6.07) is 0.736. The van der Waals surface area contributed by atoms with Gasteiger partial charge in [-0.3, -0.25) is 0 Å². The molecule has 0 aliphatic heterocycles. The molecule has 0 bridgehead atoms. The average Bonchev–Trinajstić information content (AvgIpc) is 2.05. The van der Waals surface area contributed by atoms with Crippen molar-refractivity contribution in [1.82, 2.24) is 5.32 Å². The number of nitrogens with one attached hydrogen (secondary N) is 1. The summed E-state index contributed by atoms with van der Waals surface area (Å²) in [6.07, 6.45) is 3.93. The Kier molecular flexibility index (Phi) is 7.35. The zero-order valence-corrected chi connectivity index (χ0v) is 10.1. The summed E-state index contributed by atoms with van der Waals surface area (Å²) < 4.78 is 0. The summed E-state index contributed by atoms with van der Waals surface area (Å²) in [6.45, 7) is 12.5. The van der Waals surface area contributed by atoms with Crippen LogP contribution in [0.25, 0.3) is 0 Å². The van der Waals surface area contributed by atoms with Crippen molar-refractivity contribution in [1.29, 1.82) is 0 Å². The molecule has 1 nitrogen and oxygen atoms in total. The lowest BCUT2D eigenvalue weighted by Crippen LogP contribution is -2.36. The standard InChI is InChI=1S/C12H27N/c1-6-11(7-2)12(13-8-3)9-10(4)5/h10-13H,6-9H2,1-5H3. The zero-order chi connectivity index (χ0) is 10.3. The van der Waals surface area contributed by atoms with Crippen molar-refractivity contribution in [3.63, 3.8) is 0 Å². The van der Waals surface area contributed by atoms with E-state index < -0.39 is 0 Å². The quantitative estimate of drug-likeness (QED) is 0.640. The molecule has 13 heavy (non-hydrogen) atoms. The van der Waals surface area contributed by atoms with Crippen LogP contribution in [0.15, 0.2) is 0 Å². The lowest BCUT2D eigenvalue weighted by atomic mass is 9.88. The van der Waals surface area contributed by atoms with Crippen LogP contribution >= 0.6 is 0 Å². The first-order chi connectivity index (χ1) is 6.15. The van der Waals surface area contributed by atoms with Gasteiger partial charge in [0.25, 0.3) is 0 Å². The highest BCUT2D eigenvalue weighted by Gasteiger charge is 2.17. The second kappa shape index (κ2) is 7.37. The average molecular weight is 185 g/mol. The van der Waals surface area contributed by atoms with Crippen molar-refractivity contribution < 1.29 is 0 Å². The van der Waals surface area contributed by atoms with E-state index in [0.717, 1.165) is 24.4 Å². The van der Waals surface area contributed by atoms with E-state index in [0.29, 0.717) is 0 Å². The summed E-state index contributed by atoms with van der Waals surface area (Å²) in [5.41, 5.74) is 0. The smallest absolute Gasteiger partial charge is 0.00974 e. The second-order valence-corrected chi connectivity index (χ2v) is 4.37. The van der Waals surface area contributed by atoms with Crippen LogP contribution in [-0.2, 0) is 0 Å². The van der Waals surface area contributed by atoms with Crippen LogP contribution in [0.2, 0.25) is 0 Å². The molecule has 0 spiro atoms. The summed E-state index contributed by atoms with van der Waals surface area (Å²) in [5.74, 6) is 1.67. The van der Waals surface area contributed by atoms with Gasteiger partial charge in [-0.15, -0.1) is 0 Å². The van der Waals surface area contributed by atoms with Crippen molar-refractivity contribution in [3.05, 3.63) is 0 Å². The van der Waals surface area contributed by atoms with Crippen LogP contribution in [-0.4, -0.2) is 12.6 Å². The van der Waals surface area contributed by atoms with Gasteiger partial charge in [0.2, 0.25) is 0 Å². The molecule has 1 N–H and O–H groups in total. The van der Waals surface area contributed by atoms with Crippen molar-refractivity contribution >= 4 is 0 Å². The Balaban J connectivity index is 4.03. The van der Waals surface area contributed by atoms with E-state index in [-0.39, 0.29) is 0 Å². The molecule has 0 saturated heterocycles. The number of hydrogen-bond donors (Lipinski definition) is 1. The third-order valence-electron chi connectivity index (χ3n) is 2.81. The van der Waals surface area contributed by atoms with Crippen molar-refractivity contribution in [2.45, 2.75) is 59.9 Å². The van der Waals surface area contributed by atoms with Crippen LogP contribution in [0.4, 0.5) is 0 Å². The van der Waals surface area contributed by atoms with E-state index in [1.165, 1.54) is 19.3 Å². The van der Waals surface area contributed by atoms with E-state index in [4.69, 9.17) is 0 Å². The molecule has 1 heteroatoms. The zero-order valence-electron chi connectivity index (χ0n) is 10.1. The van der Waals surface area contributed by atoms with E-state index in [1.54, 1.807) is 0 Å². The van der Waals surface area contributed by atoms with Gasteiger partial charge in [0.1, 0.15) is 0 Å². The predicted molar refractivity (Wildman–Crippen MR) is 61.0 cm³/mol. The highest BCUT2D eigenvalue weighted by atomic mass is 14.9. The summed E-state index contributed by atoms with van der Waals surface area (Å²) in [5, 5.41) is 3.62. The van der Waals surface area contributed by atoms with Gasteiger partial charge < -0.3 is 5.32 Å². The summed E-state index contributed by atoms with van der Waals surface area (Å²) in [4.78, 5) is 0. The van der Waals surface area contributed by atoms with Gasteiger partial charge in [-0.2, -0.15) is 0 Å². The second-order valence-electron chi connectivity index (χ2n) is 4.37. The molecule has 0 rings (SSSR count). The van der Waals surface area contributed by atoms with E-state index >= 15 is 0 Å². The minimum atomic E-state index is 0.736. The molecular weight excluding hydrogens is 158 g/mol. The van der Waals surface area contributed by atoms with Gasteiger partial charge >= 0.3 is 0 Å². The Morgan fingerprint density at radius 2 is 1.54 bits per heavy atom. The first-order valence-electron chi connectivity index (χ1n) is 5.88. The molecule has 0 saturated carbocycles. The fourth-order valence-electron chi connectivity index (χ4n) is 2.07. The molecule has 0 heterocycles. The van der Waals surface area contributed by atoms with Gasteiger partial charge in [-0.25, -0.2) is 0 Å². The third-order valence-corrected chi connectivity index (χ3v) is 2.81. The fourth-order valence-corrected chi connectivity index (χ4v) is 2.07. The molecule has 0 aliphatic rings. The molecule has 0 aromatic rings. The maximum atomic E-state index is 3.62. The highest BCUT2D eigenvalue weighted by Crippen LogP contribution is 2.19. The van der Waals surface area contributed by atoms with E-state index in [9.17, 15) is 0 Å². The van der Waals surface area contributed by atoms with Gasteiger partial charge in [-0.1, -0.05) is 47.5 Å². The lowest BCUT2D eigenvalue weighted by Gasteiger charge is -2.27. The molecule has 0 amide bonds. The molecule has 1 atom stereocenters. The lowest BCUT2D eigenvalue weighted by molar-refractivity contribution is 0.295. The molecular formula is C12H27N. The molecule has 0 aromatic heterocycles. The Labute approximate surface area is 84.3 Å². The third kappa shape index (κ3) is 5.30. The molecule has 80 valence electrons. The van der Waals surface area contributed by atoms with Crippen LogP contribution in [0, 0.1) is 11.8 Å². The molecule has 0 radical (unpaired) electrons. The first kappa shape index (κ1) is 13.0. The maximum Gasteiger partial charge on any atom is 0.00974 e. The highest BCUT2D eigenvalue weighted by molar-refractivity contribution is 4.75. The minimum absolute atomic E-state index is 0.736. The largest absolute Gasteiger partial charge is 0.314 e. The van der Waals surface area contributed by atoms with Crippen molar-refractivity contribution in [2.75, 3.05) is 6.54 Å². The summed E-state index contributed by atoms with van der Waals surface area (Å²) >= 11 is 0. The molecule has 0 aliphatic carbocycles. The molecule has 1 unspecified atom stereocenters. The number of hydrogen-bond acceptors (Lipinski definition) is 1. The van der Waals surface area contributed by atoms with Crippen LogP contribution in [0.5, 0.6) is 0 Å². The SMILES string of the molecule is CCNC(CC(C)C)C(CC)CC. The molecule has 0 aromatic carbocycles. The monoisotopic (exact) mass is 185 g/mol.